The summed E-state index contributed by atoms with van der Waals surface area (Å²) in [6.07, 6.45) is 2.19. The summed E-state index contributed by atoms with van der Waals surface area (Å²) in [7, 11) is 0. The Kier molecular flexibility index (Phi) is 4.29. The molecule has 0 aromatic heterocycles. The minimum Gasteiger partial charge on any atom is -0.508 e. The van der Waals surface area contributed by atoms with Crippen molar-refractivity contribution in [3.8, 4) is 5.75 Å². The Bertz CT molecular complexity index is 559. The minimum atomic E-state index is -0.0608. The zero-order valence-corrected chi connectivity index (χ0v) is 13.1. The van der Waals surface area contributed by atoms with Gasteiger partial charge in [-0.2, -0.15) is 0 Å². The van der Waals surface area contributed by atoms with Crippen LogP contribution >= 0.6 is 23.2 Å². The van der Waals surface area contributed by atoms with Gasteiger partial charge in [-0.25, -0.2) is 0 Å². The first-order chi connectivity index (χ1) is 10.1. The minimum absolute atomic E-state index is 0.0608. The van der Waals surface area contributed by atoms with Gasteiger partial charge in [0.25, 0.3) is 0 Å². The molecule has 2 heterocycles. The van der Waals surface area contributed by atoms with Gasteiger partial charge >= 0.3 is 0 Å². The molecule has 0 spiro atoms. The molecule has 2 fully saturated rings. The van der Waals surface area contributed by atoms with E-state index in [-0.39, 0.29) is 17.6 Å². The first kappa shape index (κ1) is 14.9. The molecule has 2 aliphatic heterocycles. The van der Waals surface area contributed by atoms with E-state index in [9.17, 15) is 9.90 Å². The van der Waals surface area contributed by atoms with E-state index >= 15 is 0 Å². The quantitative estimate of drug-likeness (QED) is 0.877. The summed E-state index contributed by atoms with van der Waals surface area (Å²) in [5, 5.41) is 14.1. The predicted molar refractivity (Wildman–Crippen MR) is 83.1 cm³/mol. The Morgan fingerprint density at radius 3 is 2.76 bits per heavy atom. The number of halogens is 2. The van der Waals surface area contributed by atoms with Crippen LogP contribution in [-0.4, -0.2) is 41.6 Å². The number of carbonyl (C=O) groups excluding carboxylic acids is 1. The maximum atomic E-state index is 12.4. The molecular weight excluding hydrogens is 311 g/mol. The summed E-state index contributed by atoms with van der Waals surface area (Å²) >= 11 is 12.2. The SMILES string of the molecule is O=C1C[C@@H](c2c(O)ccc(Cl)c2Cl)CCN1[C@@H]1CCNC1. The number of hydrogen-bond donors (Lipinski definition) is 2. The highest BCUT2D eigenvalue weighted by Crippen LogP contribution is 2.42. The standard InChI is InChI=1S/C15H18Cl2N2O2/c16-11-1-2-12(20)14(15(11)17)9-4-6-19(13(21)7-9)10-3-5-18-8-10/h1-2,9-10,18,20H,3-8H2/t9-,10+/m0/s1. The molecule has 2 atom stereocenters. The van der Waals surface area contributed by atoms with Crippen LogP contribution in [0.2, 0.25) is 10.0 Å². The molecule has 1 aromatic carbocycles. The third-order valence-electron chi connectivity index (χ3n) is 4.45. The van der Waals surface area contributed by atoms with E-state index in [0.717, 1.165) is 25.9 Å². The maximum absolute atomic E-state index is 12.4. The second-order valence-electron chi connectivity index (χ2n) is 5.72. The summed E-state index contributed by atoms with van der Waals surface area (Å²) in [5.74, 6) is 0.197. The highest BCUT2D eigenvalue weighted by atomic mass is 35.5. The smallest absolute Gasteiger partial charge is 0.223 e. The lowest BCUT2D eigenvalue weighted by molar-refractivity contribution is -0.136. The van der Waals surface area contributed by atoms with Crippen LogP contribution in [0.15, 0.2) is 12.1 Å². The Balaban J connectivity index is 1.78. The maximum Gasteiger partial charge on any atom is 0.223 e. The van der Waals surface area contributed by atoms with Gasteiger partial charge in [-0.15, -0.1) is 0 Å². The number of aromatic hydroxyl groups is 1. The number of nitrogens with one attached hydrogen (secondary N) is 1. The van der Waals surface area contributed by atoms with E-state index < -0.39 is 0 Å². The number of rotatable bonds is 2. The first-order valence-electron chi connectivity index (χ1n) is 7.25. The predicted octanol–water partition coefficient (Wildman–Crippen LogP) is 2.77. The van der Waals surface area contributed by atoms with Gasteiger partial charge in [-0.1, -0.05) is 23.2 Å². The largest absolute Gasteiger partial charge is 0.508 e. The zero-order valence-electron chi connectivity index (χ0n) is 11.6. The van der Waals surface area contributed by atoms with Crippen molar-refractivity contribution in [1.29, 1.82) is 0 Å². The molecule has 0 bridgehead atoms. The van der Waals surface area contributed by atoms with E-state index in [1.54, 1.807) is 12.1 Å². The van der Waals surface area contributed by atoms with Crippen molar-refractivity contribution in [2.45, 2.75) is 31.2 Å². The number of piperidine rings is 1. The molecule has 0 aliphatic carbocycles. The van der Waals surface area contributed by atoms with Crippen molar-refractivity contribution in [3.05, 3.63) is 27.7 Å². The third-order valence-corrected chi connectivity index (χ3v) is 5.27. The number of carbonyl (C=O) groups is 1. The van der Waals surface area contributed by atoms with E-state index in [0.29, 0.717) is 34.6 Å². The molecule has 2 aliphatic rings. The van der Waals surface area contributed by atoms with Gasteiger partial charge in [0.15, 0.2) is 0 Å². The fraction of sp³-hybridized carbons (Fsp3) is 0.533. The molecule has 1 aromatic rings. The normalized spacial score (nSPS) is 26.4. The second-order valence-corrected chi connectivity index (χ2v) is 6.50. The average molecular weight is 329 g/mol. The third kappa shape index (κ3) is 2.85. The molecule has 2 saturated heterocycles. The van der Waals surface area contributed by atoms with Crippen molar-refractivity contribution >= 4 is 29.1 Å². The average Bonchev–Trinajstić information content (AvgIpc) is 2.97. The molecule has 1 amide bonds. The highest BCUT2D eigenvalue weighted by Gasteiger charge is 2.34. The Labute approximate surface area is 134 Å². The number of nitrogens with zero attached hydrogens (tertiary/aromatic N) is 1. The van der Waals surface area contributed by atoms with E-state index in [2.05, 4.69) is 5.32 Å². The monoisotopic (exact) mass is 328 g/mol. The van der Waals surface area contributed by atoms with Crippen molar-refractivity contribution < 1.29 is 9.90 Å². The number of phenolic OH excluding ortho intramolecular Hbond substituents is 1. The first-order valence-corrected chi connectivity index (χ1v) is 8.00. The van der Waals surface area contributed by atoms with Crippen LogP contribution in [0.4, 0.5) is 0 Å². The van der Waals surface area contributed by atoms with Gasteiger partial charge in [-0.3, -0.25) is 4.79 Å². The summed E-state index contributed by atoms with van der Waals surface area (Å²) < 4.78 is 0. The lowest BCUT2D eigenvalue weighted by atomic mass is 9.87. The van der Waals surface area contributed by atoms with Gasteiger partial charge in [-0.05, 0) is 37.4 Å². The van der Waals surface area contributed by atoms with Crippen molar-refractivity contribution in [2.75, 3.05) is 19.6 Å². The second kappa shape index (κ2) is 6.03. The van der Waals surface area contributed by atoms with Crippen molar-refractivity contribution in [2.24, 2.45) is 0 Å². The molecule has 3 rings (SSSR count). The molecule has 0 unspecified atom stereocenters. The molecular formula is C15H18Cl2N2O2. The Morgan fingerprint density at radius 1 is 1.29 bits per heavy atom. The fourth-order valence-electron chi connectivity index (χ4n) is 3.33. The summed E-state index contributed by atoms with van der Waals surface area (Å²) in [6.45, 7) is 2.55. The highest BCUT2D eigenvalue weighted by molar-refractivity contribution is 6.42. The molecule has 2 N–H and O–H groups in total. The lowest BCUT2D eigenvalue weighted by Gasteiger charge is -2.36. The van der Waals surface area contributed by atoms with E-state index in [1.165, 1.54) is 0 Å². The fourth-order valence-corrected chi connectivity index (χ4v) is 3.81. The number of amides is 1. The van der Waals surface area contributed by atoms with E-state index in [4.69, 9.17) is 23.2 Å². The van der Waals surface area contributed by atoms with E-state index in [1.807, 2.05) is 4.90 Å². The Hall–Kier alpha value is -0.970. The van der Waals surface area contributed by atoms with Crippen LogP contribution in [0.3, 0.4) is 0 Å². The Morgan fingerprint density at radius 2 is 2.10 bits per heavy atom. The van der Waals surface area contributed by atoms with Crippen LogP contribution in [0.5, 0.6) is 5.75 Å². The molecule has 114 valence electrons. The van der Waals surface area contributed by atoms with Gasteiger partial charge in [0.2, 0.25) is 5.91 Å². The topological polar surface area (TPSA) is 52.6 Å². The number of hydrogen-bond acceptors (Lipinski definition) is 3. The van der Waals surface area contributed by atoms with Gasteiger partial charge in [0, 0.05) is 31.1 Å². The molecule has 6 heteroatoms. The number of likely N-dealkylation sites (tertiary alicyclic amines) is 1. The van der Waals surface area contributed by atoms with Crippen molar-refractivity contribution in [1.82, 2.24) is 10.2 Å². The lowest BCUT2D eigenvalue weighted by Crippen LogP contribution is -2.45. The molecule has 0 saturated carbocycles. The summed E-state index contributed by atoms with van der Waals surface area (Å²) in [4.78, 5) is 14.4. The van der Waals surface area contributed by atoms with Crippen LogP contribution < -0.4 is 5.32 Å². The number of benzene rings is 1. The van der Waals surface area contributed by atoms with Crippen LogP contribution in [0.25, 0.3) is 0 Å². The van der Waals surface area contributed by atoms with Gasteiger partial charge in [0.1, 0.15) is 5.75 Å². The van der Waals surface area contributed by atoms with Crippen molar-refractivity contribution in [3.63, 3.8) is 0 Å². The molecule has 0 radical (unpaired) electrons. The molecule has 21 heavy (non-hydrogen) atoms. The number of phenols is 1. The summed E-state index contributed by atoms with van der Waals surface area (Å²) in [6, 6.07) is 3.42. The van der Waals surface area contributed by atoms with Gasteiger partial charge < -0.3 is 15.3 Å². The van der Waals surface area contributed by atoms with Crippen LogP contribution in [0, 0.1) is 0 Å². The zero-order chi connectivity index (χ0) is 15.0. The van der Waals surface area contributed by atoms with Crippen LogP contribution in [-0.2, 0) is 4.79 Å². The summed E-state index contributed by atoms with van der Waals surface area (Å²) in [5.41, 5.74) is 0.613. The van der Waals surface area contributed by atoms with Gasteiger partial charge in [0.05, 0.1) is 10.0 Å². The van der Waals surface area contributed by atoms with Crippen LogP contribution in [0.1, 0.15) is 30.7 Å². The molecule has 4 nitrogen and oxygen atoms in total.